The summed E-state index contributed by atoms with van der Waals surface area (Å²) in [5.41, 5.74) is 2.00. The van der Waals surface area contributed by atoms with Gasteiger partial charge in [0.25, 0.3) is 0 Å². The van der Waals surface area contributed by atoms with Crippen LogP contribution in [0.2, 0.25) is 10.0 Å². The lowest BCUT2D eigenvalue weighted by molar-refractivity contribution is 0.177. The summed E-state index contributed by atoms with van der Waals surface area (Å²) >= 11 is 17.9. The summed E-state index contributed by atoms with van der Waals surface area (Å²) in [5.74, 6) is 0.818. The number of halogens is 2. The van der Waals surface area contributed by atoms with Crippen molar-refractivity contribution in [2.75, 3.05) is 38.1 Å². The van der Waals surface area contributed by atoms with Gasteiger partial charge in [-0.05, 0) is 49.0 Å². The molecule has 3 rings (SSSR count). The van der Waals surface area contributed by atoms with Crippen LogP contribution in [0.5, 0.6) is 5.75 Å². The second-order valence-electron chi connectivity index (χ2n) is 6.36. The summed E-state index contributed by atoms with van der Waals surface area (Å²) in [6.45, 7) is 7.00. The average Bonchev–Trinajstić information content (AvgIpc) is 2.66. The van der Waals surface area contributed by atoms with Crippen molar-refractivity contribution in [1.82, 2.24) is 9.80 Å². The molecule has 0 aromatic heterocycles. The van der Waals surface area contributed by atoms with Gasteiger partial charge in [0.2, 0.25) is 0 Å². The molecule has 7 heteroatoms. The van der Waals surface area contributed by atoms with Crippen LogP contribution in [0.3, 0.4) is 0 Å². The minimum absolute atomic E-state index is 0.622. The van der Waals surface area contributed by atoms with Crippen molar-refractivity contribution in [2.24, 2.45) is 0 Å². The van der Waals surface area contributed by atoms with E-state index in [1.165, 1.54) is 0 Å². The molecule has 2 aromatic rings. The first kappa shape index (κ1) is 20.2. The Bertz CT molecular complexity index is 795. The Kier molecular flexibility index (Phi) is 7.19. The van der Waals surface area contributed by atoms with E-state index in [1.54, 1.807) is 6.07 Å². The molecule has 0 aliphatic carbocycles. The molecule has 1 aliphatic heterocycles. The molecule has 1 N–H and O–H groups in total. The number of piperazine rings is 1. The van der Waals surface area contributed by atoms with Gasteiger partial charge in [0.15, 0.2) is 5.11 Å². The monoisotopic (exact) mass is 423 g/mol. The first-order chi connectivity index (χ1) is 13.1. The van der Waals surface area contributed by atoms with Crippen molar-refractivity contribution in [3.8, 4) is 5.75 Å². The third-order valence-corrected chi connectivity index (χ3v) is 5.44. The number of nitrogens with zero attached hydrogens (tertiary/aromatic N) is 2. The Morgan fingerprint density at radius 2 is 1.85 bits per heavy atom. The Morgan fingerprint density at radius 3 is 2.56 bits per heavy atom. The number of benzene rings is 2. The van der Waals surface area contributed by atoms with Crippen LogP contribution in [0.15, 0.2) is 42.5 Å². The van der Waals surface area contributed by atoms with Crippen LogP contribution in [0.1, 0.15) is 12.5 Å². The Morgan fingerprint density at radius 1 is 1.11 bits per heavy atom. The van der Waals surface area contributed by atoms with Crippen molar-refractivity contribution in [2.45, 2.75) is 13.5 Å². The maximum atomic E-state index is 6.29. The second-order valence-corrected chi connectivity index (χ2v) is 7.59. The number of ether oxygens (including phenoxy) is 1. The maximum absolute atomic E-state index is 6.29. The maximum Gasteiger partial charge on any atom is 0.173 e. The number of anilines is 1. The van der Waals surface area contributed by atoms with Crippen LogP contribution >= 0.6 is 35.4 Å². The van der Waals surface area contributed by atoms with Crippen LogP contribution in [-0.4, -0.2) is 47.7 Å². The van der Waals surface area contributed by atoms with Crippen molar-refractivity contribution >= 4 is 46.2 Å². The van der Waals surface area contributed by atoms with E-state index in [-0.39, 0.29) is 0 Å². The summed E-state index contributed by atoms with van der Waals surface area (Å²) in [7, 11) is 0. The van der Waals surface area contributed by atoms with Crippen molar-refractivity contribution in [1.29, 1.82) is 0 Å². The third kappa shape index (κ3) is 5.48. The Balaban J connectivity index is 1.53. The molecule has 144 valence electrons. The molecule has 0 unspecified atom stereocenters. The fraction of sp³-hybridized carbons (Fsp3) is 0.350. The lowest BCUT2D eigenvalue weighted by Gasteiger charge is -2.36. The molecule has 0 saturated carbocycles. The topological polar surface area (TPSA) is 27.7 Å². The lowest BCUT2D eigenvalue weighted by Crippen LogP contribution is -2.49. The minimum atomic E-state index is 0.622. The normalized spacial score (nSPS) is 14.9. The molecule has 0 radical (unpaired) electrons. The molecule has 1 fully saturated rings. The van der Waals surface area contributed by atoms with E-state index in [4.69, 9.17) is 40.2 Å². The molecule has 0 bridgehead atoms. The molecular formula is C20H23Cl2N3OS. The number of hydrogen-bond acceptors (Lipinski definition) is 3. The molecule has 2 aromatic carbocycles. The van der Waals surface area contributed by atoms with E-state index in [0.717, 1.165) is 59.9 Å². The van der Waals surface area contributed by atoms with Gasteiger partial charge in [-0.1, -0.05) is 41.4 Å². The minimum Gasteiger partial charge on any atom is -0.492 e. The number of para-hydroxylation sites is 2. The summed E-state index contributed by atoms with van der Waals surface area (Å²) in [6, 6.07) is 13.5. The summed E-state index contributed by atoms with van der Waals surface area (Å²) in [6.07, 6.45) is 0. The van der Waals surface area contributed by atoms with E-state index in [9.17, 15) is 0 Å². The van der Waals surface area contributed by atoms with Crippen molar-refractivity contribution in [3.63, 3.8) is 0 Å². The molecule has 1 saturated heterocycles. The highest BCUT2D eigenvalue weighted by atomic mass is 35.5. The van der Waals surface area contributed by atoms with Gasteiger partial charge >= 0.3 is 0 Å². The standard InChI is InChI=1S/C20H23Cl2N3OS/c1-2-26-19-6-4-3-5-18(19)23-20(27)25-11-9-24(10-12-25)14-15-7-8-16(21)13-17(15)22/h3-8,13H,2,9-12,14H2,1H3,(H,23,27). The van der Waals surface area contributed by atoms with E-state index < -0.39 is 0 Å². The zero-order valence-corrected chi connectivity index (χ0v) is 17.6. The van der Waals surface area contributed by atoms with Crippen LogP contribution in [0, 0.1) is 0 Å². The molecule has 0 atom stereocenters. The van der Waals surface area contributed by atoms with Crippen LogP contribution in [-0.2, 0) is 6.54 Å². The predicted molar refractivity (Wildman–Crippen MR) is 117 cm³/mol. The van der Waals surface area contributed by atoms with Crippen molar-refractivity contribution < 1.29 is 4.74 Å². The third-order valence-electron chi connectivity index (χ3n) is 4.50. The van der Waals surface area contributed by atoms with E-state index in [2.05, 4.69) is 15.1 Å². The molecule has 0 spiro atoms. The van der Waals surface area contributed by atoms with Crippen LogP contribution in [0.4, 0.5) is 5.69 Å². The molecule has 0 amide bonds. The summed E-state index contributed by atoms with van der Waals surface area (Å²) < 4.78 is 5.66. The zero-order chi connectivity index (χ0) is 19.2. The van der Waals surface area contributed by atoms with Gasteiger partial charge in [-0.2, -0.15) is 0 Å². The Hall–Kier alpha value is -1.53. The van der Waals surface area contributed by atoms with Crippen LogP contribution in [0.25, 0.3) is 0 Å². The van der Waals surface area contributed by atoms with Gasteiger partial charge in [-0.3, -0.25) is 4.90 Å². The fourth-order valence-corrected chi connectivity index (χ4v) is 3.81. The van der Waals surface area contributed by atoms with Gasteiger partial charge in [-0.15, -0.1) is 0 Å². The van der Waals surface area contributed by atoms with E-state index in [1.807, 2.05) is 43.3 Å². The SMILES string of the molecule is CCOc1ccccc1NC(=S)N1CCN(Cc2ccc(Cl)cc2Cl)CC1. The zero-order valence-electron chi connectivity index (χ0n) is 15.3. The van der Waals surface area contributed by atoms with Crippen molar-refractivity contribution in [3.05, 3.63) is 58.1 Å². The van der Waals surface area contributed by atoms with Gasteiger partial charge in [0.1, 0.15) is 5.75 Å². The van der Waals surface area contributed by atoms with E-state index >= 15 is 0 Å². The first-order valence-corrected chi connectivity index (χ1v) is 10.2. The van der Waals surface area contributed by atoms with Gasteiger partial charge in [0, 0.05) is 42.8 Å². The quantitative estimate of drug-likeness (QED) is 0.689. The predicted octanol–water partition coefficient (Wildman–Crippen LogP) is 4.91. The lowest BCUT2D eigenvalue weighted by atomic mass is 10.2. The second kappa shape index (κ2) is 9.60. The molecule has 1 aliphatic rings. The average molecular weight is 424 g/mol. The number of thiocarbonyl (C=S) groups is 1. The van der Waals surface area contributed by atoms with E-state index in [0.29, 0.717) is 11.6 Å². The molecule has 4 nitrogen and oxygen atoms in total. The smallest absolute Gasteiger partial charge is 0.173 e. The van der Waals surface area contributed by atoms with Crippen LogP contribution < -0.4 is 10.1 Å². The van der Waals surface area contributed by atoms with Gasteiger partial charge < -0.3 is 15.0 Å². The Labute approximate surface area is 176 Å². The number of nitrogens with one attached hydrogen (secondary N) is 1. The summed E-state index contributed by atoms with van der Waals surface area (Å²) in [4.78, 5) is 4.57. The molecule has 1 heterocycles. The van der Waals surface area contributed by atoms with Gasteiger partial charge in [0.05, 0.1) is 12.3 Å². The number of rotatable bonds is 5. The highest BCUT2D eigenvalue weighted by Gasteiger charge is 2.20. The highest BCUT2D eigenvalue weighted by Crippen LogP contribution is 2.25. The fourth-order valence-electron chi connectivity index (χ4n) is 3.05. The first-order valence-electron chi connectivity index (χ1n) is 9.01. The number of hydrogen-bond donors (Lipinski definition) is 1. The summed E-state index contributed by atoms with van der Waals surface area (Å²) in [5, 5.41) is 5.43. The molecular weight excluding hydrogens is 401 g/mol. The highest BCUT2D eigenvalue weighted by molar-refractivity contribution is 7.80. The van der Waals surface area contributed by atoms with Gasteiger partial charge in [-0.25, -0.2) is 0 Å². The largest absolute Gasteiger partial charge is 0.492 e. The molecule has 27 heavy (non-hydrogen) atoms.